The number of rotatable bonds is 3. The van der Waals surface area contributed by atoms with Crippen LogP contribution < -0.4 is 4.74 Å². The lowest BCUT2D eigenvalue weighted by molar-refractivity contribution is -0.290. The summed E-state index contributed by atoms with van der Waals surface area (Å²) in [5.74, 6) is -4.32. The first-order valence-electron chi connectivity index (χ1n) is 17.2. The van der Waals surface area contributed by atoms with E-state index in [1.54, 1.807) is 6.92 Å². The highest BCUT2D eigenvalue weighted by atomic mass is 16.7. The van der Waals surface area contributed by atoms with Gasteiger partial charge in [0.25, 0.3) is 0 Å². The van der Waals surface area contributed by atoms with E-state index in [1.165, 1.54) is 25.3 Å². The Morgan fingerprint density at radius 2 is 1.76 bits per heavy atom. The van der Waals surface area contributed by atoms with Gasteiger partial charge in [-0.25, -0.2) is 4.79 Å². The molecule has 11 nitrogen and oxygen atoms in total. The minimum atomic E-state index is -1.81. The zero-order valence-corrected chi connectivity index (χ0v) is 27.1. The number of nitrogens with zero attached hydrogens (tertiary/aromatic N) is 1. The molecular formula is C35H49NO10. The third-order valence-corrected chi connectivity index (χ3v) is 14.5. The number of ether oxygens (including phenoxy) is 3. The fourth-order valence-corrected chi connectivity index (χ4v) is 12.5. The number of esters is 1. The molecule has 7 fully saturated rings. The highest BCUT2D eigenvalue weighted by molar-refractivity contribution is 5.90. The Balaban J connectivity index is 1.15. The van der Waals surface area contributed by atoms with Gasteiger partial charge in [-0.3, -0.25) is 4.90 Å². The molecule has 3 saturated heterocycles. The van der Waals surface area contributed by atoms with E-state index in [-0.39, 0.29) is 34.9 Å². The van der Waals surface area contributed by atoms with Crippen LogP contribution >= 0.6 is 0 Å². The summed E-state index contributed by atoms with van der Waals surface area (Å²) in [7, 11) is 1.39. The maximum atomic E-state index is 13.3. The Kier molecular flexibility index (Phi) is 6.67. The molecule has 11 heteroatoms. The van der Waals surface area contributed by atoms with E-state index in [4.69, 9.17) is 14.2 Å². The van der Waals surface area contributed by atoms with Gasteiger partial charge in [0.2, 0.25) is 5.79 Å². The number of phenols is 1. The zero-order valence-electron chi connectivity index (χ0n) is 27.1. The molecule has 7 aliphatic rings. The van der Waals surface area contributed by atoms with Crippen LogP contribution in [0.3, 0.4) is 0 Å². The smallest absolute Gasteiger partial charge is 0.338 e. The molecule has 4 saturated carbocycles. The fourth-order valence-electron chi connectivity index (χ4n) is 12.5. The topological polar surface area (TPSA) is 169 Å². The minimum absolute atomic E-state index is 0.107. The van der Waals surface area contributed by atoms with Crippen LogP contribution in [0.1, 0.15) is 76.1 Å². The van der Waals surface area contributed by atoms with Gasteiger partial charge in [0.15, 0.2) is 17.6 Å². The minimum Gasteiger partial charge on any atom is -0.504 e. The lowest BCUT2D eigenvalue weighted by Crippen LogP contribution is -2.76. The van der Waals surface area contributed by atoms with Crippen molar-refractivity contribution in [3.8, 4) is 11.5 Å². The molecule has 3 heterocycles. The number of phenolic OH excluding ortho intramolecular Hbond substituents is 1. The van der Waals surface area contributed by atoms with E-state index in [0.717, 1.165) is 19.4 Å². The van der Waals surface area contributed by atoms with Gasteiger partial charge in [0, 0.05) is 42.3 Å². The van der Waals surface area contributed by atoms with Crippen molar-refractivity contribution in [1.82, 2.24) is 4.90 Å². The van der Waals surface area contributed by atoms with Crippen molar-refractivity contribution in [2.75, 3.05) is 20.2 Å². The van der Waals surface area contributed by atoms with Gasteiger partial charge in [0.1, 0.15) is 11.7 Å². The SMILES string of the molecule is COc1cc(C(=O)O[C@H]2CC[C@@]3(C)C4CCC5[C@@]6(O)C(C[C@@]53O[C@]42O)C2CN3C[C@@H](C)CC[C@H]3[C@@](C)(O)C2[C@@H](O)[C@@H]6O)ccc1O. The largest absolute Gasteiger partial charge is 0.504 e. The summed E-state index contributed by atoms with van der Waals surface area (Å²) in [6.45, 7) is 7.55. The Labute approximate surface area is 269 Å². The summed E-state index contributed by atoms with van der Waals surface area (Å²) in [6.07, 6.45) is 0.301. The average Bonchev–Trinajstić information content (AvgIpc) is 3.25. The molecule has 1 aromatic rings. The van der Waals surface area contributed by atoms with Gasteiger partial charge in [-0.15, -0.1) is 0 Å². The van der Waals surface area contributed by atoms with Crippen LogP contribution in [0.2, 0.25) is 0 Å². The van der Waals surface area contributed by atoms with Crippen molar-refractivity contribution >= 4 is 5.97 Å². The highest BCUT2D eigenvalue weighted by Crippen LogP contribution is 2.77. The number of fused-ring (bicyclic) bond motifs is 5. The van der Waals surface area contributed by atoms with E-state index in [0.29, 0.717) is 44.6 Å². The third-order valence-electron chi connectivity index (χ3n) is 14.5. The Morgan fingerprint density at radius 1 is 1.02 bits per heavy atom. The molecule has 4 aliphatic carbocycles. The molecule has 0 radical (unpaired) electrons. The number of carbonyl (C=O) groups excluding carboxylic acids is 1. The van der Waals surface area contributed by atoms with Gasteiger partial charge in [-0.2, -0.15) is 0 Å². The lowest BCUT2D eigenvalue weighted by Gasteiger charge is -2.63. The second-order valence-electron chi connectivity index (χ2n) is 16.4. The maximum Gasteiger partial charge on any atom is 0.338 e. The summed E-state index contributed by atoms with van der Waals surface area (Å²) >= 11 is 0. The van der Waals surface area contributed by atoms with Crippen molar-refractivity contribution < 1.29 is 49.6 Å². The van der Waals surface area contributed by atoms with Crippen LogP contribution in [-0.2, 0) is 9.47 Å². The number of carbonyl (C=O) groups is 1. The van der Waals surface area contributed by atoms with Crippen LogP contribution in [0.25, 0.3) is 0 Å². The molecular weight excluding hydrogens is 594 g/mol. The molecule has 1 spiro atoms. The first-order chi connectivity index (χ1) is 21.6. The van der Waals surface area contributed by atoms with Gasteiger partial charge in [0.05, 0.1) is 30.0 Å². The van der Waals surface area contributed by atoms with Crippen LogP contribution in [-0.4, -0.2) is 109 Å². The number of aliphatic hydroxyl groups is 5. The predicted molar refractivity (Wildman–Crippen MR) is 163 cm³/mol. The number of aliphatic hydroxyl groups excluding tert-OH is 2. The van der Waals surface area contributed by atoms with E-state index >= 15 is 0 Å². The Morgan fingerprint density at radius 3 is 2.50 bits per heavy atom. The second-order valence-corrected chi connectivity index (χ2v) is 16.4. The van der Waals surface area contributed by atoms with Gasteiger partial charge >= 0.3 is 5.97 Å². The van der Waals surface area contributed by atoms with E-state index < -0.39 is 70.0 Å². The molecule has 254 valence electrons. The highest BCUT2D eigenvalue weighted by Gasteiger charge is 2.85. The van der Waals surface area contributed by atoms with E-state index in [2.05, 4.69) is 18.7 Å². The number of aromatic hydroxyl groups is 1. The van der Waals surface area contributed by atoms with E-state index in [1.807, 2.05) is 0 Å². The molecule has 0 amide bonds. The fraction of sp³-hybridized carbons (Fsp3) is 0.800. The molecule has 1 aromatic carbocycles. The second kappa shape index (κ2) is 9.80. The van der Waals surface area contributed by atoms with Crippen molar-refractivity contribution in [3.05, 3.63) is 23.8 Å². The molecule has 8 rings (SSSR count). The van der Waals surface area contributed by atoms with Crippen molar-refractivity contribution in [3.63, 3.8) is 0 Å². The molecule has 6 N–H and O–H groups in total. The van der Waals surface area contributed by atoms with Crippen LogP contribution in [0.5, 0.6) is 11.5 Å². The Bertz CT molecular complexity index is 1440. The van der Waals surface area contributed by atoms with Crippen LogP contribution in [0.4, 0.5) is 0 Å². The first kappa shape index (κ1) is 31.3. The zero-order chi connectivity index (χ0) is 32.8. The number of methoxy groups -OCH3 is 1. The van der Waals surface area contributed by atoms with Crippen LogP contribution in [0, 0.1) is 40.9 Å². The number of hydrogen-bond acceptors (Lipinski definition) is 11. The summed E-state index contributed by atoms with van der Waals surface area (Å²) in [5, 5.41) is 70.9. The number of piperidine rings is 2. The van der Waals surface area contributed by atoms with Gasteiger partial charge in [-0.1, -0.05) is 13.8 Å². The lowest BCUT2D eigenvalue weighted by atomic mass is 9.49. The van der Waals surface area contributed by atoms with Gasteiger partial charge in [-0.05, 0) is 87.8 Å². The van der Waals surface area contributed by atoms with Crippen molar-refractivity contribution in [1.29, 1.82) is 0 Å². The Hall–Kier alpha value is -1.99. The predicted octanol–water partition coefficient (Wildman–Crippen LogP) is 1.79. The maximum absolute atomic E-state index is 13.3. The average molecular weight is 644 g/mol. The number of hydrogen-bond donors (Lipinski definition) is 6. The first-order valence-corrected chi connectivity index (χ1v) is 17.2. The molecule has 3 aliphatic heterocycles. The summed E-state index contributed by atoms with van der Waals surface area (Å²) in [5.41, 5.74) is -4.38. The van der Waals surface area contributed by atoms with E-state index in [9.17, 15) is 35.4 Å². The van der Waals surface area contributed by atoms with Crippen molar-refractivity contribution in [2.24, 2.45) is 40.9 Å². The number of benzene rings is 1. The normalized spacial score (nSPS) is 53.8. The summed E-state index contributed by atoms with van der Waals surface area (Å²) < 4.78 is 18.0. The molecule has 5 unspecified atom stereocenters. The van der Waals surface area contributed by atoms with Crippen molar-refractivity contribution in [2.45, 2.75) is 113 Å². The standard InChI is InChI=1S/C35H49NO10/c1-17-5-10-25-32(3,41)27-19(16-36(25)15-17)20-14-33-24(34(20,42)29(39)28(27)38)9-8-23-31(33,2)12-11-26(35(23,43)46-33)45-30(40)18-6-7-21(37)22(13-18)44-4/h6-7,13,17,19-20,23-29,37-39,41-43H,5,8-12,14-16H2,1-4H3/t17-,19?,20?,23?,24?,25-,26-,27?,28+,29-,31-,32+,33+,34-,35+/m0/s1. The van der Waals surface area contributed by atoms with Crippen LogP contribution in [0.15, 0.2) is 18.2 Å². The monoisotopic (exact) mass is 643 g/mol. The molecule has 0 aromatic heterocycles. The quantitative estimate of drug-likeness (QED) is 0.266. The molecule has 4 bridgehead atoms. The molecule has 46 heavy (non-hydrogen) atoms. The molecule has 15 atom stereocenters. The summed E-state index contributed by atoms with van der Waals surface area (Å²) in [6, 6.07) is 4.05. The van der Waals surface area contributed by atoms with Gasteiger partial charge < -0.3 is 44.8 Å². The third kappa shape index (κ3) is 3.66. The summed E-state index contributed by atoms with van der Waals surface area (Å²) in [4.78, 5) is 15.7.